The monoisotopic (exact) mass is 367 g/mol. The Hall–Kier alpha value is -0.260. The van der Waals surface area contributed by atoms with E-state index < -0.39 is 0 Å². The third-order valence-corrected chi connectivity index (χ3v) is 7.62. The average molecular weight is 368 g/mol. The van der Waals surface area contributed by atoms with E-state index in [2.05, 4.69) is 33.8 Å². The van der Waals surface area contributed by atoms with Crippen LogP contribution in [0.25, 0.3) is 0 Å². The average Bonchev–Trinajstić information content (AvgIpc) is 3.13. The van der Waals surface area contributed by atoms with Crippen LogP contribution in [0, 0.1) is 5.92 Å². The summed E-state index contributed by atoms with van der Waals surface area (Å²) in [4.78, 5) is 17.4. The zero-order valence-electron chi connectivity index (χ0n) is 16.0. The van der Waals surface area contributed by atoms with Crippen LogP contribution in [0.2, 0.25) is 0 Å². The molecule has 144 valence electrons. The Morgan fingerprint density at radius 2 is 1.84 bits per heavy atom. The van der Waals surface area contributed by atoms with Gasteiger partial charge < -0.3 is 10.2 Å². The number of amides is 1. The van der Waals surface area contributed by atoms with Gasteiger partial charge in [-0.15, -0.1) is 0 Å². The molecule has 1 atom stereocenters. The van der Waals surface area contributed by atoms with Crippen LogP contribution in [0.15, 0.2) is 0 Å². The third kappa shape index (κ3) is 5.86. The van der Waals surface area contributed by atoms with Crippen molar-refractivity contribution in [3.8, 4) is 0 Å². The molecule has 3 heterocycles. The van der Waals surface area contributed by atoms with E-state index >= 15 is 0 Å². The molecule has 0 radical (unpaired) electrons. The molecule has 3 saturated heterocycles. The van der Waals surface area contributed by atoms with Crippen molar-refractivity contribution in [3.05, 3.63) is 0 Å². The summed E-state index contributed by atoms with van der Waals surface area (Å²) in [6.07, 6.45) is 9.69. The minimum atomic E-state index is 0.273. The molecule has 3 aliphatic heterocycles. The predicted molar refractivity (Wildman–Crippen MR) is 107 cm³/mol. The van der Waals surface area contributed by atoms with Crippen molar-refractivity contribution < 1.29 is 4.79 Å². The zero-order valence-corrected chi connectivity index (χ0v) is 16.9. The van der Waals surface area contributed by atoms with Gasteiger partial charge in [0.25, 0.3) is 0 Å². The van der Waals surface area contributed by atoms with Crippen LogP contribution in [0.1, 0.15) is 58.3 Å². The van der Waals surface area contributed by atoms with E-state index in [-0.39, 0.29) is 5.91 Å². The number of thioether (sulfide) groups is 1. The first-order valence-corrected chi connectivity index (χ1v) is 11.7. The Morgan fingerprint density at radius 3 is 2.56 bits per heavy atom. The first-order chi connectivity index (χ1) is 12.3. The first-order valence-electron chi connectivity index (χ1n) is 10.6. The number of likely N-dealkylation sites (N-methyl/N-ethyl adjacent to an activating group) is 1. The Kier molecular flexibility index (Phi) is 7.93. The molecule has 0 aromatic carbocycles. The van der Waals surface area contributed by atoms with E-state index in [4.69, 9.17) is 0 Å². The summed E-state index contributed by atoms with van der Waals surface area (Å²) in [5, 5.41) is 3.20. The van der Waals surface area contributed by atoms with Crippen molar-refractivity contribution in [2.75, 3.05) is 44.2 Å². The lowest BCUT2D eigenvalue weighted by molar-refractivity contribution is -0.121. The number of hydrogen-bond acceptors (Lipinski definition) is 4. The second-order valence-corrected chi connectivity index (χ2v) is 9.32. The van der Waals surface area contributed by atoms with E-state index in [1.54, 1.807) is 0 Å². The fraction of sp³-hybridized carbons (Fsp3) is 0.950. The molecule has 0 aromatic rings. The summed E-state index contributed by atoms with van der Waals surface area (Å²) in [6.45, 7) is 7.90. The number of rotatable bonds is 7. The van der Waals surface area contributed by atoms with Crippen molar-refractivity contribution in [2.24, 2.45) is 5.92 Å². The summed E-state index contributed by atoms with van der Waals surface area (Å²) >= 11 is 2.12. The molecule has 3 fully saturated rings. The number of carbonyl (C=O) groups excluding carboxylic acids is 1. The van der Waals surface area contributed by atoms with Gasteiger partial charge >= 0.3 is 0 Å². The lowest BCUT2D eigenvalue weighted by Gasteiger charge is -2.39. The molecule has 1 N–H and O–H groups in total. The van der Waals surface area contributed by atoms with Crippen LogP contribution < -0.4 is 5.32 Å². The number of piperidine rings is 1. The molecule has 0 aliphatic carbocycles. The van der Waals surface area contributed by atoms with Gasteiger partial charge in [-0.2, -0.15) is 11.8 Å². The Morgan fingerprint density at radius 1 is 1.08 bits per heavy atom. The highest BCUT2D eigenvalue weighted by molar-refractivity contribution is 7.99. The highest BCUT2D eigenvalue weighted by Crippen LogP contribution is 2.28. The number of nitrogens with zero attached hydrogens (tertiary/aromatic N) is 2. The highest BCUT2D eigenvalue weighted by Gasteiger charge is 2.27. The van der Waals surface area contributed by atoms with Gasteiger partial charge in [0, 0.05) is 25.0 Å². The summed E-state index contributed by atoms with van der Waals surface area (Å²) < 4.78 is 0. The smallest absolute Gasteiger partial charge is 0.220 e. The van der Waals surface area contributed by atoms with E-state index in [0.717, 1.165) is 37.9 Å². The molecular weight excluding hydrogens is 330 g/mol. The maximum absolute atomic E-state index is 12.2. The molecule has 25 heavy (non-hydrogen) atoms. The van der Waals surface area contributed by atoms with E-state index in [0.29, 0.717) is 6.04 Å². The van der Waals surface area contributed by atoms with Crippen molar-refractivity contribution in [3.63, 3.8) is 0 Å². The van der Waals surface area contributed by atoms with Crippen LogP contribution in [-0.2, 0) is 4.79 Å². The molecule has 3 rings (SSSR count). The number of likely N-dealkylation sites (tertiary alicyclic amines) is 2. The summed E-state index contributed by atoms with van der Waals surface area (Å²) in [7, 11) is 0. The minimum absolute atomic E-state index is 0.273. The first kappa shape index (κ1) is 19.5. The number of nitrogens with one attached hydrogen (secondary N) is 1. The van der Waals surface area contributed by atoms with E-state index in [9.17, 15) is 4.79 Å². The van der Waals surface area contributed by atoms with Crippen molar-refractivity contribution in [1.29, 1.82) is 0 Å². The Balaban J connectivity index is 1.28. The largest absolute Gasteiger partial charge is 0.355 e. The van der Waals surface area contributed by atoms with Crippen LogP contribution in [0.5, 0.6) is 0 Å². The summed E-state index contributed by atoms with van der Waals surface area (Å²) in [6, 6.07) is 1.42. The molecular formula is C20H37N3OS. The van der Waals surface area contributed by atoms with Gasteiger partial charge in [0.2, 0.25) is 5.91 Å². The SMILES string of the molecule is CCN1CCC[C@@H]1CNC(=O)CCC1CCN(C2CCSCC2)CC1. The molecule has 0 aromatic heterocycles. The molecule has 3 aliphatic rings. The van der Waals surface area contributed by atoms with Crippen LogP contribution in [0.3, 0.4) is 0 Å². The Bertz CT molecular complexity index is 406. The molecule has 5 heteroatoms. The summed E-state index contributed by atoms with van der Waals surface area (Å²) in [5.74, 6) is 3.73. The van der Waals surface area contributed by atoms with Crippen LogP contribution in [0.4, 0.5) is 0 Å². The molecule has 0 bridgehead atoms. The predicted octanol–water partition coefficient (Wildman–Crippen LogP) is 2.97. The summed E-state index contributed by atoms with van der Waals surface area (Å²) in [5.41, 5.74) is 0. The molecule has 4 nitrogen and oxygen atoms in total. The van der Waals surface area contributed by atoms with Gasteiger partial charge in [0.15, 0.2) is 0 Å². The van der Waals surface area contributed by atoms with Gasteiger partial charge in [-0.3, -0.25) is 9.69 Å². The number of carbonyl (C=O) groups is 1. The Labute approximate surface area is 158 Å². The molecule has 0 spiro atoms. The second-order valence-electron chi connectivity index (χ2n) is 8.09. The maximum atomic E-state index is 12.2. The van der Waals surface area contributed by atoms with E-state index in [1.165, 1.54) is 69.7 Å². The molecule has 0 unspecified atom stereocenters. The molecule has 0 saturated carbocycles. The standard InChI is InChI=1S/C20H37N3OS/c1-2-22-11-3-4-19(22)16-21-20(24)6-5-17-7-12-23(13-8-17)18-9-14-25-15-10-18/h17-19H,2-16H2,1H3,(H,21,24)/t19-/m1/s1. The zero-order chi connectivity index (χ0) is 17.5. The van der Waals surface area contributed by atoms with Gasteiger partial charge in [-0.1, -0.05) is 6.92 Å². The number of hydrogen-bond donors (Lipinski definition) is 1. The quantitative estimate of drug-likeness (QED) is 0.750. The minimum Gasteiger partial charge on any atom is -0.355 e. The fourth-order valence-electron chi connectivity index (χ4n) is 4.85. The molecule has 1 amide bonds. The van der Waals surface area contributed by atoms with Crippen LogP contribution >= 0.6 is 11.8 Å². The lowest BCUT2D eigenvalue weighted by atomic mass is 9.90. The maximum Gasteiger partial charge on any atom is 0.220 e. The van der Waals surface area contributed by atoms with Crippen molar-refractivity contribution >= 4 is 17.7 Å². The van der Waals surface area contributed by atoms with Crippen LogP contribution in [-0.4, -0.2) is 72.0 Å². The van der Waals surface area contributed by atoms with Crippen molar-refractivity contribution in [1.82, 2.24) is 15.1 Å². The highest BCUT2D eigenvalue weighted by atomic mass is 32.2. The lowest BCUT2D eigenvalue weighted by Crippen LogP contribution is -2.43. The third-order valence-electron chi connectivity index (χ3n) is 6.58. The van der Waals surface area contributed by atoms with Crippen molar-refractivity contribution in [2.45, 2.75) is 70.4 Å². The van der Waals surface area contributed by atoms with Gasteiger partial charge in [0.05, 0.1) is 0 Å². The van der Waals surface area contributed by atoms with Gasteiger partial charge in [0.1, 0.15) is 0 Å². The van der Waals surface area contributed by atoms with E-state index in [1.807, 2.05) is 0 Å². The fourth-order valence-corrected chi connectivity index (χ4v) is 5.94. The topological polar surface area (TPSA) is 35.6 Å². The van der Waals surface area contributed by atoms with Gasteiger partial charge in [-0.25, -0.2) is 0 Å². The normalized spacial score (nSPS) is 27.6. The van der Waals surface area contributed by atoms with Gasteiger partial charge in [-0.05, 0) is 88.5 Å². The second kappa shape index (κ2) is 10.2.